The number of benzene rings is 1. The fourth-order valence-electron chi connectivity index (χ4n) is 3.08. The van der Waals surface area contributed by atoms with Gasteiger partial charge >= 0.3 is 0 Å². The predicted molar refractivity (Wildman–Crippen MR) is 87.4 cm³/mol. The summed E-state index contributed by atoms with van der Waals surface area (Å²) in [6, 6.07) is 13.3. The van der Waals surface area contributed by atoms with E-state index in [9.17, 15) is 0 Å². The fourth-order valence-corrected chi connectivity index (χ4v) is 3.08. The van der Waals surface area contributed by atoms with Gasteiger partial charge in [0, 0.05) is 18.4 Å². The van der Waals surface area contributed by atoms with Gasteiger partial charge in [0.2, 0.25) is 0 Å². The maximum absolute atomic E-state index is 4.60. The molecule has 21 heavy (non-hydrogen) atoms. The Hall–Kier alpha value is -1.87. The van der Waals surface area contributed by atoms with Crippen molar-refractivity contribution in [3.8, 4) is 0 Å². The van der Waals surface area contributed by atoms with Gasteiger partial charge in [-0.2, -0.15) is 0 Å². The van der Waals surface area contributed by atoms with Crippen LogP contribution in [-0.2, 0) is 13.0 Å². The summed E-state index contributed by atoms with van der Waals surface area (Å²) < 4.78 is 0. The van der Waals surface area contributed by atoms with Gasteiger partial charge in [0.1, 0.15) is 0 Å². The van der Waals surface area contributed by atoms with Crippen LogP contribution in [0, 0.1) is 0 Å². The molecule has 0 amide bonds. The summed E-state index contributed by atoms with van der Waals surface area (Å²) in [7, 11) is 4.20. The Balaban J connectivity index is 1.78. The maximum Gasteiger partial charge on any atom is 0.0688 e. The highest BCUT2D eigenvalue weighted by Gasteiger charge is 2.20. The molecule has 1 heterocycles. The number of aromatic nitrogens is 1. The van der Waals surface area contributed by atoms with Crippen LogP contribution in [0.15, 0.2) is 42.6 Å². The lowest BCUT2D eigenvalue weighted by Gasteiger charge is -2.26. The molecule has 0 saturated heterocycles. The van der Waals surface area contributed by atoms with Crippen molar-refractivity contribution < 1.29 is 0 Å². The summed E-state index contributed by atoms with van der Waals surface area (Å²) >= 11 is 0. The minimum atomic E-state index is 0.338. The van der Waals surface area contributed by atoms with Gasteiger partial charge in [0.25, 0.3) is 0 Å². The first-order valence-corrected chi connectivity index (χ1v) is 7.66. The second-order valence-corrected chi connectivity index (χ2v) is 6.08. The summed E-state index contributed by atoms with van der Waals surface area (Å²) in [4.78, 5) is 6.79. The standard InChI is InChI=1S/C18H23N3/c1-21(2)13-14-6-3-9-16(12-14)20-17-10-4-7-15-8-5-11-19-18(15)17/h3,5-6,8-9,11-12,17,20H,4,7,10,13H2,1-2H3. The molecule has 1 N–H and O–H groups in total. The fraction of sp³-hybridized carbons (Fsp3) is 0.389. The third kappa shape index (κ3) is 3.42. The molecule has 0 aliphatic heterocycles. The first-order valence-electron chi connectivity index (χ1n) is 7.66. The lowest BCUT2D eigenvalue weighted by Crippen LogP contribution is -2.19. The molecule has 1 aliphatic carbocycles. The Morgan fingerprint density at radius 2 is 2.14 bits per heavy atom. The van der Waals surface area contributed by atoms with E-state index in [4.69, 9.17) is 0 Å². The number of nitrogens with zero attached hydrogens (tertiary/aromatic N) is 2. The molecule has 1 aromatic heterocycles. The highest BCUT2D eigenvalue weighted by atomic mass is 15.0. The lowest BCUT2D eigenvalue weighted by molar-refractivity contribution is 0.402. The van der Waals surface area contributed by atoms with E-state index in [1.165, 1.54) is 28.9 Å². The van der Waals surface area contributed by atoms with Crippen LogP contribution in [0.4, 0.5) is 5.69 Å². The molecule has 3 rings (SSSR count). The van der Waals surface area contributed by atoms with E-state index >= 15 is 0 Å². The first-order chi connectivity index (χ1) is 10.2. The Labute approximate surface area is 127 Å². The molecule has 3 heteroatoms. The van der Waals surface area contributed by atoms with E-state index in [0.29, 0.717) is 6.04 Å². The number of fused-ring (bicyclic) bond motifs is 1. The minimum Gasteiger partial charge on any atom is -0.377 e. The molecule has 0 radical (unpaired) electrons. The zero-order chi connectivity index (χ0) is 14.7. The predicted octanol–water partition coefficient (Wildman–Crippen LogP) is 3.63. The van der Waals surface area contributed by atoms with E-state index < -0.39 is 0 Å². The summed E-state index contributed by atoms with van der Waals surface area (Å²) in [6.07, 6.45) is 5.44. The average molecular weight is 281 g/mol. The quantitative estimate of drug-likeness (QED) is 0.927. The van der Waals surface area contributed by atoms with E-state index in [1.54, 1.807) is 0 Å². The molecule has 2 aromatic rings. The summed E-state index contributed by atoms with van der Waals surface area (Å²) in [5.74, 6) is 0. The third-order valence-electron chi connectivity index (χ3n) is 3.96. The molecular formula is C18H23N3. The van der Waals surface area contributed by atoms with Crippen molar-refractivity contribution >= 4 is 5.69 Å². The second kappa shape index (κ2) is 6.27. The number of rotatable bonds is 4. The van der Waals surface area contributed by atoms with Gasteiger partial charge in [-0.15, -0.1) is 0 Å². The van der Waals surface area contributed by atoms with Gasteiger partial charge in [-0.3, -0.25) is 4.98 Å². The highest BCUT2D eigenvalue weighted by molar-refractivity contribution is 5.48. The smallest absolute Gasteiger partial charge is 0.0688 e. The topological polar surface area (TPSA) is 28.2 Å². The number of hydrogen-bond donors (Lipinski definition) is 1. The van der Waals surface area contributed by atoms with Gasteiger partial charge in [0.15, 0.2) is 0 Å². The van der Waals surface area contributed by atoms with Crippen LogP contribution in [0.25, 0.3) is 0 Å². The van der Waals surface area contributed by atoms with Crippen LogP contribution in [0.1, 0.15) is 35.7 Å². The number of pyridine rings is 1. The van der Waals surface area contributed by atoms with Crippen molar-refractivity contribution in [1.29, 1.82) is 0 Å². The molecule has 110 valence electrons. The van der Waals surface area contributed by atoms with Crippen LogP contribution in [0.2, 0.25) is 0 Å². The molecule has 0 saturated carbocycles. The van der Waals surface area contributed by atoms with E-state index in [-0.39, 0.29) is 0 Å². The largest absolute Gasteiger partial charge is 0.377 e. The van der Waals surface area contributed by atoms with Gasteiger partial charge in [0.05, 0.1) is 11.7 Å². The Morgan fingerprint density at radius 1 is 1.24 bits per heavy atom. The summed E-state index contributed by atoms with van der Waals surface area (Å²) in [6.45, 7) is 0.967. The monoisotopic (exact) mass is 281 g/mol. The molecule has 0 bridgehead atoms. The second-order valence-electron chi connectivity index (χ2n) is 6.08. The van der Waals surface area contributed by atoms with E-state index in [0.717, 1.165) is 19.4 Å². The van der Waals surface area contributed by atoms with E-state index in [1.807, 2.05) is 12.3 Å². The molecule has 1 atom stereocenters. The molecule has 0 spiro atoms. The molecule has 1 aromatic carbocycles. The minimum absolute atomic E-state index is 0.338. The van der Waals surface area contributed by atoms with Crippen LogP contribution in [-0.4, -0.2) is 24.0 Å². The number of hydrogen-bond acceptors (Lipinski definition) is 3. The van der Waals surface area contributed by atoms with Crippen molar-refractivity contribution in [1.82, 2.24) is 9.88 Å². The number of anilines is 1. The zero-order valence-electron chi connectivity index (χ0n) is 12.8. The van der Waals surface area contributed by atoms with E-state index in [2.05, 4.69) is 59.6 Å². The summed E-state index contributed by atoms with van der Waals surface area (Å²) in [5, 5.41) is 3.67. The van der Waals surface area contributed by atoms with Crippen LogP contribution in [0.5, 0.6) is 0 Å². The van der Waals surface area contributed by atoms with Crippen LogP contribution in [0.3, 0.4) is 0 Å². The highest BCUT2D eigenvalue weighted by Crippen LogP contribution is 2.31. The van der Waals surface area contributed by atoms with Crippen molar-refractivity contribution in [2.24, 2.45) is 0 Å². The molecule has 3 nitrogen and oxygen atoms in total. The first kappa shape index (κ1) is 14.1. The molecule has 1 unspecified atom stereocenters. The Kier molecular flexibility index (Phi) is 4.20. The SMILES string of the molecule is CN(C)Cc1cccc(NC2CCCc3cccnc32)c1. The average Bonchev–Trinajstić information content (AvgIpc) is 2.47. The van der Waals surface area contributed by atoms with Crippen molar-refractivity contribution in [3.05, 3.63) is 59.4 Å². The van der Waals surface area contributed by atoms with Crippen molar-refractivity contribution in [2.45, 2.75) is 31.8 Å². The van der Waals surface area contributed by atoms with Crippen molar-refractivity contribution in [2.75, 3.05) is 19.4 Å². The molecule has 1 aliphatic rings. The normalized spacial score (nSPS) is 17.6. The molecule has 0 fully saturated rings. The van der Waals surface area contributed by atoms with Crippen molar-refractivity contribution in [3.63, 3.8) is 0 Å². The number of nitrogens with one attached hydrogen (secondary N) is 1. The van der Waals surface area contributed by atoms with Gasteiger partial charge < -0.3 is 10.2 Å². The van der Waals surface area contributed by atoms with Crippen LogP contribution < -0.4 is 5.32 Å². The Bertz CT molecular complexity index is 607. The number of aryl methyl sites for hydroxylation is 1. The Morgan fingerprint density at radius 3 is 3.00 bits per heavy atom. The zero-order valence-corrected chi connectivity index (χ0v) is 12.8. The maximum atomic E-state index is 4.60. The van der Waals surface area contributed by atoms with Crippen LogP contribution >= 0.6 is 0 Å². The van der Waals surface area contributed by atoms with Gasteiger partial charge in [-0.25, -0.2) is 0 Å². The summed E-state index contributed by atoms with van der Waals surface area (Å²) in [5.41, 5.74) is 5.15. The lowest BCUT2D eigenvalue weighted by atomic mass is 9.91. The van der Waals surface area contributed by atoms with Gasteiger partial charge in [-0.1, -0.05) is 18.2 Å². The molecular weight excluding hydrogens is 258 g/mol. The van der Waals surface area contributed by atoms with Gasteiger partial charge in [-0.05, 0) is 62.7 Å². The third-order valence-corrected chi connectivity index (χ3v) is 3.96.